The SMILES string of the molecule is COc1ccc(Oc2ccc(F)c(C#N)c2)cc1NC(=O)C1CCC(=O)N1C. The molecule has 0 aliphatic carbocycles. The fourth-order valence-corrected chi connectivity index (χ4v) is 2.96. The Morgan fingerprint density at radius 1 is 1.29 bits per heavy atom. The van der Waals surface area contributed by atoms with Crippen molar-refractivity contribution in [2.24, 2.45) is 0 Å². The van der Waals surface area contributed by atoms with Crippen LogP contribution in [0.5, 0.6) is 17.2 Å². The van der Waals surface area contributed by atoms with E-state index >= 15 is 0 Å². The van der Waals surface area contributed by atoms with Gasteiger partial charge in [-0.15, -0.1) is 0 Å². The third-order valence-electron chi connectivity index (χ3n) is 4.52. The second-order valence-corrected chi connectivity index (χ2v) is 6.27. The van der Waals surface area contributed by atoms with Crippen LogP contribution in [0.3, 0.4) is 0 Å². The molecule has 0 aromatic heterocycles. The fourth-order valence-electron chi connectivity index (χ4n) is 2.96. The van der Waals surface area contributed by atoms with Crippen molar-refractivity contribution in [2.45, 2.75) is 18.9 Å². The van der Waals surface area contributed by atoms with Crippen molar-refractivity contribution >= 4 is 17.5 Å². The number of rotatable bonds is 5. The zero-order chi connectivity index (χ0) is 20.3. The largest absolute Gasteiger partial charge is 0.495 e. The Bertz CT molecular complexity index is 970. The molecule has 144 valence electrons. The summed E-state index contributed by atoms with van der Waals surface area (Å²) in [5.74, 6) is 0.0346. The standard InChI is InChI=1S/C20H18FN3O4/c1-24-17(6-8-19(24)25)20(26)23-16-10-14(4-7-18(16)27-2)28-13-3-5-15(21)12(9-13)11-22/h3-5,7,9-10,17H,6,8H2,1-2H3,(H,23,26). The summed E-state index contributed by atoms with van der Waals surface area (Å²) in [6, 6.07) is 9.84. The maximum absolute atomic E-state index is 13.5. The summed E-state index contributed by atoms with van der Waals surface area (Å²) >= 11 is 0. The van der Waals surface area contributed by atoms with E-state index in [-0.39, 0.29) is 23.1 Å². The van der Waals surface area contributed by atoms with Gasteiger partial charge in [0.1, 0.15) is 35.2 Å². The van der Waals surface area contributed by atoms with Gasteiger partial charge in [-0.2, -0.15) is 5.26 Å². The van der Waals surface area contributed by atoms with Gasteiger partial charge >= 0.3 is 0 Å². The van der Waals surface area contributed by atoms with Crippen LogP contribution < -0.4 is 14.8 Å². The first-order valence-corrected chi connectivity index (χ1v) is 8.55. The molecule has 1 unspecified atom stereocenters. The first kappa shape index (κ1) is 19.2. The maximum Gasteiger partial charge on any atom is 0.247 e. The number of likely N-dealkylation sites (tertiary alicyclic amines) is 1. The quantitative estimate of drug-likeness (QED) is 0.857. The molecule has 1 heterocycles. The lowest BCUT2D eigenvalue weighted by Gasteiger charge is -2.20. The summed E-state index contributed by atoms with van der Waals surface area (Å²) in [5.41, 5.74) is 0.244. The molecule has 1 aliphatic rings. The van der Waals surface area contributed by atoms with E-state index in [1.165, 1.54) is 24.1 Å². The van der Waals surface area contributed by atoms with Crippen LogP contribution in [0.15, 0.2) is 36.4 Å². The summed E-state index contributed by atoms with van der Waals surface area (Å²) in [6.45, 7) is 0. The van der Waals surface area contributed by atoms with Crippen LogP contribution in [0.1, 0.15) is 18.4 Å². The predicted octanol–water partition coefficient (Wildman–Crippen LogP) is 3.06. The fraction of sp³-hybridized carbons (Fsp3) is 0.250. The number of hydrogen-bond donors (Lipinski definition) is 1. The molecule has 0 bridgehead atoms. The molecule has 2 aromatic carbocycles. The van der Waals surface area contributed by atoms with Gasteiger partial charge in [0.15, 0.2) is 0 Å². The van der Waals surface area contributed by atoms with Crippen molar-refractivity contribution in [1.29, 1.82) is 5.26 Å². The number of carbonyl (C=O) groups is 2. The molecule has 1 aliphatic heterocycles. The monoisotopic (exact) mass is 383 g/mol. The number of carbonyl (C=O) groups excluding carboxylic acids is 2. The lowest BCUT2D eigenvalue weighted by Crippen LogP contribution is -2.38. The lowest BCUT2D eigenvalue weighted by molar-refractivity contribution is -0.131. The molecular weight excluding hydrogens is 365 g/mol. The van der Waals surface area contributed by atoms with Crippen molar-refractivity contribution in [3.63, 3.8) is 0 Å². The number of nitrogens with one attached hydrogen (secondary N) is 1. The van der Waals surface area contributed by atoms with E-state index in [0.29, 0.717) is 30.0 Å². The minimum Gasteiger partial charge on any atom is -0.495 e. The van der Waals surface area contributed by atoms with E-state index in [9.17, 15) is 14.0 Å². The zero-order valence-corrected chi connectivity index (χ0v) is 15.4. The highest BCUT2D eigenvalue weighted by Crippen LogP contribution is 2.32. The zero-order valence-electron chi connectivity index (χ0n) is 15.4. The highest BCUT2D eigenvalue weighted by atomic mass is 19.1. The molecule has 0 radical (unpaired) electrons. The van der Waals surface area contributed by atoms with Crippen LogP contribution >= 0.6 is 0 Å². The molecule has 7 nitrogen and oxygen atoms in total. The molecule has 2 amide bonds. The van der Waals surface area contributed by atoms with Crippen LogP contribution in [0.25, 0.3) is 0 Å². The van der Waals surface area contributed by atoms with Crippen LogP contribution in [0.4, 0.5) is 10.1 Å². The number of halogens is 1. The summed E-state index contributed by atoms with van der Waals surface area (Å²) < 4.78 is 24.4. The number of methoxy groups -OCH3 is 1. The van der Waals surface area contributed by atoms with Gasteiger partial charge in [0.2, 0.25) is 11.8 Å². The molecule has 28 heavy (non-hydrogen) atoms. The van der Waals surface area contributed by atoms with Crippen molar-refractivity contribution < 1.29 is 23.5 Å². The molecular formula is C20H18FN3O4. The van der Waals surface area contributed by atoms with Crippen LogP contribution in [-0.4, -0.2) is 36.9 Å². The minimum atomic E-state index is -0.632. The number of nitrogens with zero attached hydrogens (tertiary/aromatic N) is 2. The smallest absolute Gasteiger partial charge is 0.247 e. The van der Waals surface area contributed by atoms with Crippen molar-refractivity contribution in [3.05, 3.63) is 47.8 Å². The van der Waals surface area contributed by atoms with E-state index in [4.69, 9.17) is 14.7 Å². The van der Waals surface area contributed by atoms with E-state index in [1.807, 2.05) is 0 Å². The first-order chi connectivity index (χ1) is 13.4. The van der Waals surface area contributed by atoms with E-state index < -0.39 is 11.9 Å². The maximum atomic E-state index is 13.5. The molecule has 1 fully saturated rings. The highest BCUT2D eigenvalue weighted by Gasteiger charge is 2.33. The summed E-state index contributed by atoms with van der Waals surface area (Å²) in [7, 11) is 3.06. The van der Waals surface area contributed by atoms with Crippen molar-refractivity contribution in [2.75, 3.05) is 19.5 Å². The van der Waals surface area contributed by atoms with Crippen LogP contribution in [-0.2, 0) is 9.59 Å². The summed E-state index contributed by atoms with van der Waals surface area (Å²) in [4.78, 5) is 25.6. The molecule has 1 atom stereocenters. The molecule has 3 rings (SSSR count). The molecule has 8 heteroatoms. The predicted molar refractivity (Wildman–Crippen MR) is 98.6 cm³/mol. The normalized spacial score (nSPS) is 15.9. The number of amides is 2. The number of nitriles is 1. The van der Waals surface area contributed by atoms with Gasteiger partial charge < -0.3 is 19.7 Å². The third-order valence-corrected chi connectivity index (χ3v) is 4.52. The number of hydrogen-bond acceptors (Lipinski definition) is 5. The Labute approximate surface area is 161 Å². The van der Waals surface area contributed by atoms with Gasteiger partial charge in [0, 0.05) is 25.6 Å². The molecule has 0 saturated carbocycles. The number of likely N-dealkylation sites (N-methyl/N-ethyl adjacent to an activating group) is 1. The Morgan fingerprint density at radius 3 is 2.64 bits per heavy atom. The molecule has 0 spiro atoms. The highest BCUT2D eigenvalue weighted by molar-refractivity contribution is 5.99. The average Bonchev–Trinajstić information content (AvgIpc) is 3.02. The van der Waals surface area contributed by atoms with E-state index in [0.717, 1.165) is 6.07 Å². The summed E-state index contributed by atoms with van der Waals surface area (Å²) in [5, 5.41) is 11.7. The third kappa shape index (κ3) is 3.88. The Kier molecular flexibility index (Phi) is 5.45. The van der Waals surface area contributed by atoms with Gasteiger partial charge in [0.25, 0.3) is 0 Å². The van der Waals surface area contributed by atoms with Crippen LogP contribution in [0, 0.1) is 17.1 Å². The lowest BCUT2D eigenvalue weighted by atomic mass is 10.2. The molecule has 1 N–H and O–H groups in total. The van der Waals surface area contributed by atoms with Crippen LogP contribution in [0.2, 0.25) is 0 Å². The second-order valence-electron chi connectivity index (χ2n) is 6.27. The van der Waals surface area contributed by atoms with Crippen molar-refractivity contribution in [3.8, 4) is 23.3 Å². The minimum absolute atomic E-state index is 0.0752. The van der Waals surface area contributed by atoms with Gasteiger partial charge in [-0.05, 0) is 30.7 Å². The molecule has 1 saturated heterocycles. The van der Waals surface area contributed by atoms with Gasteiger partial charge in [-0.1, -0.05) is 0 Å². The Morgan fingerprint density at radius 2 is 2.00 bits per heavy atom. The number of ether oxygens (including phenoxy) is 2. The number of benzene rings is 2. The number of anilines is 1. The van der Waals surface area contributed by atoms with E-state index in [1.54, 1.807) is 31.3 Å². The Balaban J connectivity index is 1.81. The average molecular weight is 383 g/mol. The topological polar surface area (TPSA) is 91.7 Å². The Hall–Kier alpha value is -3.60. The first-order valence-electron chi connectivity index (χ1n) is 8.55. The van der Waals surface area contributed by atoms with Gasteiger partial charge in [0.05, 0.1) is 18.4 Å². The van der Waals surface area contributed by atoms with Crippen molar-refractivity contribution in [1.82, 2.24) is 4.90 Å². The van der Waals surface area contributed by atoms with E-state index in [2.05, 4.69) is 5.32 Å². The van der Waals surface area contributed by atoms with Gasteiger partial charge in [-0.3, -0.25) is 9.59 Å². The second kappa shape index (κ2) is 7.96. The summed E-state index contributed by atoms with van der Waals surface area (Å²) in [6.07, 6.45) is 0.785. The van der Waals surface area contributed by atoms with Gasteiger partial charge in [-0.25, -0.2) is 4.39 Å². The molecule has 2 aromatic rings.